The molecule has 0 N–H and O–H groups in total. The van der Waals surface area contributed by atoms with E-state index in [0.29, 0.717) is 5.28 Å². The molecular formula is C14H19ClN4S. The van der Waals surface area contributed by atoms with E-state index in [0.717, 1.165) is 35.0 Å². The maximum atomic E-state index is 6.05. The van der Waals surface area contributed by atoms with Crippen molar-refractivity contribution in [3.05, 3.63) is 16.7 Å². The summed E-state index contributed by atoms with van der Waals surface area (Å²) in [4.78, 5) is 14.4. The molecule has 1 aliphatic rings. The number of piperidine rings is 1. The van der Waals surface area contributed by atoms with Gasteiger partial charge in [-0.1, -0.05) is 0 Å². The molecule has 0 saturated carbocycles. The normalized spacial score (nSPS) is 17.3. The Morgan fingerprint density at radius 3 is 2.80 bits per heavy atom. The van der Waals surface area contributed by atoms with Gasteiger partial charge in [-0.05, 0) is 55.9 Å². The molecule has 0 aromatic carbocycles. The number of aromatic nitrogens is 2. The van der Waals surface area contributed by atoms with E-state index >= 15 is 0 Å². The minimum absolute atomic E-state index is 0.352. The predicted octanol–water partition coefficient (Wildman–Crippen LogP) is 3.12. The van der Waals surface area contributed by atoms with Crippen molar-refractivity contribution in [2.75, 3.05) is 38.6 Å². The third-order valence-electron chi connectivity index (χ3n) is 3.82. The largest absolute Gasteiger partial charge is 0.356 e. The van der Waals surface area contributed by atoms with Crippen molar-refractivity contribution < 1.29 is 0 Å². The van der Waals surface area contributed by atoms with Crippen molar-refractivity contribution in [3.8, 4) is 0 Å². The van der Waals surface area contributed by atoms with E-state index < -0.39 is 0 Å². The SMILES string of the molecule is CN(C)CC1CCN(c2nc(Cl)nc3sccc23)CC1. The minimum Gasteiger partial charge on any atom is -0.356 e. The van der Waals surface area contributed by atoms with Crippen LogP contribution in [0.3, 0.4) is 0 Å². The predicted molar refractivity (Wildman–Crippen MR) is 85.9 cm³/mol. The molecular weight excluding hydrogens is 292 g/mol. The minimum atomic E-state index is 0.352. The average Bonchev–Trinajstić information content (AvgIpc) is 2.86. The zero-order valence-electron chi connectivity index (χ0n) is 11.8. The topological polar surface area (TPSA) is 32.3 Å². The lowest BCUT2D eigenvalue weighted by molar-refractivity contribution is 0.285. The van der Waals surface area contributed by atoms with Gasteiger partial charge in [0.25, 0.3) is 0 Å². The lowest BCUT2D eigenvalue weighted by atomic mass is 9.96. The Kier molecular flexibility index (Phi) is 4.10. The van der Waals surface area contributed by atoms with Crippen molar-refractivity contribution in [1.29, 1.82) is 0 Å². The molecule has 20 heavy (non-hydrogen) atoms. The van der Waals surface area contributed by atoms with E-state index in [2.05, 4.69) is 45.3 Å². The molecule has 0 bridgehead atoms. The van der Waals surface area contributed by atoms with Crippen LogP contribution >= 0.6 is 22.9 Å². The first-order chi connectivity index (χ1) is 9.63. The highest BCUT2D eigenvalue weighted by Crippen LogP contribution is 2.31. The number of rotatable bonds is 3. The molecule has 3 heterocycles. The first kappa shape index (κ1) is 14.0. The van der Waals surface area contributed by atoms with Gasteiger partial charge in [0.1, 0.15) is 10.6 Å². The number of anilines is 1. The van der Waals surface area contributed by atoms with Crippen LogP contribution in [0.2, 0.25) is 5.28 Å². The summed E-state index contributed by atoms with van der Waals surface area (Å²) in [7, 11) is 4.29. The molecule has 2 aromatic heterocycles. The summed E-state index contributed by atoms with van der Waals surface area (Å²) in [6, 6.07) is 2.09. The summed E-state index contributed by atoms with van der Waals surface area (Å²) >= 11 is 7.67. The smallest absolute Gasteiger partial charge is 0.225 e. The van der Waals surface area contributed by atoms with Crippen LogP contribution in [0, 0.1) is 5.92 Å². The number of hydrogen-bond acceptors (Lipinski definition) is 5. The second kappa shape index (κ2) is 5.84. The van der Waals surface area contributed by atoms with Gasteiger partial charge >= 0.3 is 0 Å². The molecule has 0 spiro atoms. The van der Waals surface area contributed by atoms with Crippen LogP contribution in [-0.2, 0) is 0 Å². The molecule has 0 unspecified atom stereocenters. The highest BCUT2D eigenvalue weighted by Gasteiger charge is 2.22. The maximum Gasteiger partial charge on any atom is 0.225 e. The summed E-state index contributed by atoms with van der Waals surface area (Å²) in [5.41, 5.74) is 0. The molecule has 2 aromatic rings. The van der Waals surface area contributed by atoms with Gasteiger partial charge in [0.2, 0.25) is 5.28 Å². The molecule has 1 fully saturated rings. The number of fused-ring (bicyclic) bond motifs is 1. The monoisotopic (exact) mass is 310 g/mol. The fourth-order valence-corrected chi connectivity index (χ4v) is 3.87. The lowest BCUT2D eigenvalue weighted by Gasteiger charge is -2.34. The number of thiophene rings is 1. The zero-order valence-corrected chi connectivity index (χ0v) is 13.4. The Labute approximate surface area is 128 Å². The van der Waals surface area contributed by atoms with Crippen molar-refractivity contribution in [3.63, 3.8) is 0 Å². The summed E-state index contributed by atoms with van der Waals surface area (Å²) < 4.78 is 0. The third kappa shape index (κ3) is 2.90. The summed E-state index contributed by atoms with van der Waals surface area (Å²) in [6.45, 7) is 3.28. The standard InChI is InChI=1S/C14H19ClN4S/c1-18(2)9-10-3-6-19(7-4-10)12-11-5-8-20-13(11)17-14(15)16-12/h5,8,10H,3-4,6-7,9H2,1-2H3. The Morgan fingerprint density at radius 1 is 1.35 bits per heavy atom. The van der Waals surface area contributed by atoms with Gasteiger partial charge in [-0.15, -0.1) is 11.3 Å². The number of hydrogen-bond donors (Lipinski definition) is 0. The van der Waals surface area contributed by atoms with Crippen LogP contribution in [-0.4, -0.2) is 48.6 Å². The van der Waals surface area contributed by atoms with Crippen LogP contribution in [0.5, 0.6) is 0 Å². The molecule has 1 saturated heterocycles. The van der Waals surface area contributed by atoms with Gasteiger partial charge < -0.3 is 9.80 Å². The van der Waals surface area contributed by atoms with E-state index in [1.165, 1.54) is 19.4 Å². The molecule has 1 aliphatic heterocycles. The van der Waals surface area contributed by atoms with Gasteiger partial charge in [0.05, 0.1) is 5.39 Å². The van der Waals surface area contributed by atoms with Crippen LogP contribution in [0.1, 0.15) is 12.8 Å². The van der Waals surface area contributed by atoms with Crippen LogP contribution in [0.15, 0.2) is 11.4 Å². The van der Waals surface area contributed by atoms with Gasteiger partial charge in [-0.3, -0.25) is 0 Å². The second-order valence-corrected chi connectivity index (χ2v) is 6.88. The number of nitrogens with zero attached hydrogens (tertiary/aromatic N) is 4. The summed E-state index contributed by atoms with van der Waals surface area (Å²) in [5.74, 6) is 1.79. The first-order valence-electron chi connectivity index (χ1n) is 6.94. The molecule has 0 amide bonds. The van der Waals surface area contributed by atoms with E-state index in [4.69, 9.17) is 11.6 Å². The van der Waals surface area contributed by atoms with Crippen molar-refractivity contribution in [2.45, 2.75) is 12.8 Å². The first-order valence-corrected chi connectivity index (χ1v) is 8.19. The molecule has 108 valence electrons. The average molecular weight is 311 g/mol. The van der Waals surface area contributed by atoms with E-state index in [-0.39, 0.29) is 0 Å². The molecule has 4 nitrogen and oxygen atoms in total. The van der Waals surface area contributed by atoms with Crippen molar-refractivity contribution in [2.24, 2.45) is 5.92 Å². The van der Waals surface area contributed by atoms with Crippen LogP contribution in [0.25, 0.3) is 10.2 Å². The maximum absolute atomic E-state index is 6.05. The third-order valence-corrected chi connectivity index (χ3v) is 4.79. The highest BCUT2D eigenvalue weighted by atomic mass is 35.5. The van der Waals surface area contributed by atoms with E-state index in [9.17, 15) is 0 Å². The van der Waals surface area contributed by atoms with E-state index in [1.807, 2.05) is 0 Å². The fourth-order valence-electron chi connectivity index (χ4n) is 2.90. The number of halogens is 1. The second-order valence-electron chi connectivity index (χ2n) is 5.65. The highest BCUT2D eigenvalue weighted by molar-refractivity contribution is 7.16. The Morgan fingerprint density at radius 2 is 2.10 bits per heavy atom. The van der Waals surface area contributed by atoms with E-state index in [1.54, 1.807) is 11.3 Å². The molecule has 3 rings (SSSR count). The molecule has 0 radical (unpaired) electrons. The van der Waals surface area contributed by atoms with Gasteiger partial charge in [-0.2, -0.15) is 4.98 Å². The Hall–Kier alpha value is -0.910. The van der Waals surface area contributed by atoms with Crippen LogP contribution in [0.4, 0.5) is 5.82 Å². The molecule has 0 atom stereocenters. The molecule has 6 heteroatoms. The summed E-state index contributed by atoms with van der Waals surface area (Å²) in [6.07, 6.45) is 2.43. The van der Waals surface area contributed by atoms with Crippen LogP contribution < -0.4 is 4.90 Å². The van der Waals surface area contributed by atoms with Crippen molar-refractivity contribution in [1.82, 2.24) is 14.9 Å². The van der Waals surface area contributed by atoms with Gasteiger partial charge in [-0.25, -0.2) is 4.98 Å². The Bertz CT molecular complexity index is 590. The van der Waals surface area contributed by atoms with Gasteiger partial charge in [0.15, 0.2) is 0 Å². The summed E-state index contributed by atoms with van der Waals surface area (Å²) in [5, 5.41) is 3.54. The Balaban J connectivity index is 1.78. The lowest BCUT2D eigenvalue weighted by Crippen LogP contribution is -2.37. The zero-order chi connectivity index (χ0) is 14.1. The molecule has 0 aliphatic carbocycles. The quantitative estimate of drug-likeness (QED) is 0.815. The van der Waals surface area contributed by atoms with Crippen molar-refractivity contribution >= 4 is 39.0 Å². The fraction of sp³-hybridized carbons (Fsp3) is 0.571. The van der Waals surface area contributed by atoms with Gasteiger partial charge in [0, 0.05) is 19.6 Å².